The number of rotatable bonds is 1. The molecule has 0 aromatic carbocycles. The minimum absolute atomic E-state index is 1.25. The maximum atomic E-state index is 4.60. The highest BCUT2D eigenvalue weighted by molar-refractivity contribution is 4.73. The average Bonchev–Trinajstić information content (AvgIpc) is 2.49. The molecule has 0 aliphatic heterocycles. The van der Waals surface area contributed by atoms with Gasteiger partial charge in [-0.3, -0.25) is 0 Å². The van der Waals surface area contributed by atoms with E-state index in [2.05, 4.69) is 40.0 Å². The van der Waals surface area contributed by atoms with E-state index in [-0.39, 0.29) is 0 Å². The maximum Gasteiger partial charge on any atom is -0.00297 e. The molecule has 0 unspecified atom stereocenters. The Bertz CT molecular complexity index is 45.5. The first kappa shape index (κ1) is 43.2. The lowest BCUT2D eigenvalue weighted by Crippen LogP contribution is -1.47. The van der Waals surface area contributed by atoms with Crippen LogP contribution in [0.3, 0.4) is 0 Å². The van der Waals surface area contributed by atoms with Gasteiger partial charge in [0.15, 0.2) is 0 Å². The predicted octanol–water partition coefficient (Wildman–Crippen LogP) is 7.97. The maximum absolute atomic E-state index is 4.60. The molecule has 0 bridgehead atoms. The molecule has 0 saturated carbocycles. The quantitative estimate of drug-likeness (QED) is 0.420. The zero-order valence-corrected chi connectivity index (χ0v) is 16.2. The van der Waals surface area contributed by atoms with Gasteiger partial charge in [-0.1, -0.05) is 102 Å². The van der Waals surface area contributed by atoms with E-state index in [1.807, 2.05) is 55.4 Å². The van der Waals surface area contributed by atoms with Crippen molar-refractivity contribution >= 4 is 0 Å². The van der Waals surface area contributed by atoms with Crippen molar-refractivity contribution in [3.63, 3.8) is 0 Å². The summed E-state index contributed by atoms with van der Waals surface area (Å²) in [5.74, 6) is 2.25. The van der Waals surface area contributed by atoms with Crippen LogP contribution < -0.4 is 0 Å². The Balaban J connectivity index is -0.0000000161. The van der Waals surface area contributed by atoms with Crippen molar-refractivity contribution < 1.29 is 0 Å². The van der Waals surface area contributed by atoms with E-state index in [1.165, 1.54) is 19.3 Å². The fourth-order valence-electron chi connectivity index (χ4n) is 0. The largest absolute Gasteiger partial charge is 0.120 e. The van der Waals surface area contributed by atoms with Crippen LogP contribution in [0.1, 0.15) is 109 Å². The number of hydrogen-bond donors (Lipinski definition) is 0. The normalized spacial score (nSPS) is 4.44. The molecule has 0 aromatic rings. The van der Waals surface area contributed by atoms with Gasteiger partial charge in [0.05, 0.1) is 0 Å². The molecular formula is C18H46. The summed E-state index contributed by atoms with van der Waals surface area (Å²) in [5.41, 5.74) is 0. The molecule has 0 aromatic heterocycles. The highest BCUT2D eigenvalue weighted by atomic mass is 13.6. The first-order valence-corrected chi connectivity index (χ1v) is 8.12. The molecule has 0 aliphatic carbocycles. The van der Waals surface area contributed by atoms with Gasteiger partial charge in [-0.05, 0) is 6.92 Å². The second-order valence-corrected chi connectivity index (χ2v) is 2.00. The summed E-state index contributed by atoms with van der Waals surface area (Å²) < 4.78 is 0. The van der Waals surface area contributed by atoms with Crippen LogP contribution >= 0.6 is 0 Å². The third kappa shape index (κ3) is 10500. The van der Waals surface area contributed by atoms with Gasteiger partial charge in [-0.25, -0.2) is 0 Å². The highest BCUT2D eigenvalue weighted by Crippen LogP contribution is 1.76. The third-order valence-corrected chi connectivity index (χ3v) is 0.500. The van der Waals surface area contributed by atoms with Gasteiger partial charge < -0.3 is 0 Å². The molecule has 0 atom stereocenters. The van der Waals surface area contributed by atoms with E-state index >= 15 is 0 Å². The van der Waals surface area contributed by atoms with Gasteiger partial charge in [0.1, 0.15) is 0 Å². The lowest BCUT2D eigenvalue weighted by Gasteiger charge is -1.68. The molecular weight excluding hydrogens is 216 g/mol. The molecule has 0 N–H and O–H groups in total. The summed E-state index contributed by atoms with van der Waals surface area (Å²) in [7, 11) is 0. The van der Waals surface area contributed by atoms with Gasteiger partial charge in [-0.2, -0.15) is 0 Å². The Kier molecular flexibility index (Phi) is 759. The van der Waals surface area contributed by atoms with Crippen molar-refractivity contribution in [1.29, 1.82) is 0 Å². The smallest absolute Gasteiger partial charge is 0.00297 e. The van der Waals surface area contributed by atoms with Crippen LogP contribution in [0.5, 0.6) is 0 Å². The second-order valence-electron chi connectivity index (χ2n) is 2.00. The molecule has 0 rings (SSSR count). The van der Waals surface area contributed by atoms with Gasteiger partial charge in [0.25, 0.3) is 0 Å². The second kappa shape index (κ2) is 316. The van der Waals surface area contributed by atoms with E-state index < -0.39 is 0 Å². The number of unbranched alkanes of at least 4 members (excludes halogenated alkanes) is 1. The molecule has 0 nitrogen and oxygen atoms in total. The van der Waals surface area contributed by atoms with Crippen molar-refractivity contribution in [3.8, 4) is 12.3 Å². The minimum Gasteiger partial charge on any atom is -0.120 e. The summed E-state index contributed by atoms with van der Waals surface area (Å²) in [6.45, 7) is 26.3. The van der Waals surface area contributed by atoms with Gasteiger partial charge >= 0.3 is 0 Å². The Hall–Kier alpha value is -0.440. The molecule has 0 radical (unpaired) electrons. The number of hydrogen-bond acceptors (Lipinski definition) is 0. The Morgan fingerprint density at radius 2 is 0.667 bits per heavy atom. The van der Waals surface area contributed by atoms with Crippen LogP contribution in [0.4, 0.5) is 0 Å². The summed E-state index contributed by atoms with van der Waals surface area (Å²) in [4.78, 5) is 0. The summed E-state index contributed by atoms with van der Waals surface area (Å²) in [6, 6.07) is 0. The lowest BCUT2D eigenvalue weighted by atomic mass is 10.4. The van der Waals surface area contributed by atoms with Crippen molar-refractivity contribution in [2.75, 3.05) is 0 Å². The fourth-order valence-corrected chi connectivity index (χ4v) is 0. The van der Waals surface area contributed by atoms with E-state index in [4.69, 9.17) is 0 Å². The first-order valence-electron chi connectivity index (χ1n) is 8.12. The molecule has 0 aliphatic rings. The molecule has 0 amide bonds. The van der Waals surface area contributed by atoms with Crippen LogP contribution in [-0.4, -0.2) is 0 Å². The zero-order chi connectivity index (χ0) is 16.8. The molecule has 0 saturated heterocycles. The van der Waals surface area contributed by atoms with E-state index in [1.54, 1.807) is 6.92 Å². The SMILES string of the molecule is C#CC.CC.CC.CC.CC.CCC.CCCC. The van der Waals surface area contributed by atoms with Gasteiger partial charge in [-0.15, -0.1) is 12.3 Å². The van der Waals surface area contributed by atoms with Gasteiger partial charge in [0.2, 0.25) is 0 Å². The van der Waals surface area contributed by atoms with Gasteiger partial charge in [0, 0.05) is 0 Å². The van der Waals surface area contributed by atoms with E-state index in [0.717, 1.165) is 0 Å². The summed E-state index contributed by atoms with van der Waals surface area (Å²) in [6.07, 6.45) is 8.49. The van der Waals surface area contributed by atoms with Crippen LogP contribution in [0, 0.1) is 12.3 Å². The Labute approximate surface area is 122 Å². The fraction of sp³-hybridized carbons (Fsp3) is 0.889. The molecule has 118 valence electrons. The average molecular weight is 263 g/mol. The monoisotopic (exact) mass is 262 g/mol. The first-order chi connectivity index (χ1) is 8.74. The Morgan fingerprint density at radius 1 is 0.611 bits per heavy atom. The van der Waals surface area contributed by atoms with E-state index in [9.17, 15) is 0 Å². The molecule has 0 spiro atoms. The zero-order valence-electron chi connectivity index (χ0n) is 16.2. The van der Waals surface area contributed by atoms with Crippen LogP contribution in [-0.2, 0) is 0 Å². The van der Waals surface area contributed by atoms with Crippen LogP contribution in [0.15, 0.2) is 0 Å². The number of terminal acetylenes is 1. The van der Waals surface area contributed by atoms with Crippen molar-refractivity contribution in [3.05, 3.63) is 0 Å². The molecule has 0 fully saturated rings. The van der Waals surface area contributed by atoms with Crippen LogP contribution in [0.2, 0.25) is 0 Å². The summed E-state index contributed by atoms with van der Waals surface area (Å²) >= 11 is 0. The topological polar surface area (TPSA) is 0 Å². The minimum atomic E-state index is 1.25. The third-order valence-electron chi connectivity index (χ3n) is 0.500. The van der Waals surface area contributed by atoms with Crippen LogP contribution in [0.25, 0.3) is 0 Å². The van der Waals surface area contributed by atoms with Crippen molar-refractivity contribution in [2.45, 2.75) is 109 Å². The van der Waals surface area contributed by atoms with Crippen molar-refractivity contribution in [2.24, 2.45) is 0 Å². The summed E-state index contributed by atoms with van der Waals surface area (Å²) in [5, 5.41) is 0. The highest BCUT2D eigenvalue weighted by Gasteiger charge is 1.56. The Morgan fingerprint density at radius 3 is 0.667 bits per heavy atom. The standard InChI is InChI=1S/C4H10.C3H8.C3H4.4C2H6/c1-3-4-2;2*1-3-2;4*1-2/h3-4H2,1-2H3;3H2,1-2H3;1H,2H3;4*1-2H3. The molecule has 0 heteroatoms. The van der Waals surface area contributed by atoms with Crippen molar-refractivity contribution in [1.82, 2.24) is 0 Å². The lowest BCUT2D eigenvalue weighted by molar-refractivity contribution is 0.886. The predicted molar refractivity (Wildman–Crippen MR) is 96.4 cm³/mol. The molecule has 0 heterocycles. The molecule has 18 heavy (non-hydrogen) atoms. The van der Waals surface area contributed by atoms with E-state index in [0.29, 0.717) is 0 Å².